The lowest BCUT2D eigenvalue weighted by molar-refractivity contribution is -0.129. The summed E-state index contributed by atoms with van der Waals surface area (Å²) in [6.07, 6.45) is 3.45. The van der Waals surface area contributed by atoms with Crippen molar-refractivity contribution < 1.29 is 4.79 Å². The summed E-state index contributed by atoms with van der Waals surface area (Å²) in [5.74, 6) is -0.145. The summed E-state index contributed by atoms with van der Waals surface area (Å²) < 4.78 is 0. The molecule has 0 aliphatic carbocycles. The van der Waals surface area contributed by atoms with E-state index in [1.807, 2.05) is 35.3 Å². The third kappa shape index (κ3) is 3.48. The van der Waals surface area contributed by atoms with Crippen LogP contribution in [0.5, 0.6) is 0 Å². The van der Waals surface area contributed by atoms with Crippen LogP contribution in [0.4, 0.5) is 0 Å². The van der Waals surface area contributed by atoms with Crippen LogP contribution >= 0.6 is 11.6 Å². The number of amides is 1. The van der Waals surface area contributed by atoms with Crippen molar-refractivity contribution in [2.45, 2.75) is 50.6 Å². The largest absolute Gasteiger partial charge is 0.287 e. The van der Waals surface area contributed by atoms with Gasteiger partial charge in [-0.1, -0.05) is 36.8 Å². The Hall–Kier alpha value is -1.06. The number of nitrogens with one attached hydrogen (secondary N) is 1. The van der Waals surface area contributed by atoms with Gasteiger partial charge in [0.05, 0.1) is 0 Å². The molecule has 0 radical (unpaired) electrons. The molecular weight excluding hydrogens is 260 g/mol. The summed E-state index contributed by atoms with van der Waals surface area (Å²) in [6, 6.07) is 10.2. The summed E-state index contributed by atoms with van der Waals surface area (Å²) in [4.78, 5) is 12.2. The number of hydrogen-bond donors (Lipinski definition) is 1. The molecule has 1 amide bonds. The topological polar surface area (TPSA) is 32.3 Å². The summed E-state index contributed by atoms with van der Waals surface area (Å²) in [5, 5.41) is 1.41. The zero-order chi connectivity index (χ0) is 13.8. The minimum absolute atomic E-state index is 0.145. The first kappa shape index (κ1) is 14.4. The minimum atomic E-state index is -0.637. The lowest BCUT2D eigenvalue weighted by Crippen LogP contribution is -2.54. The van der Waals surface area contributed by atoms with Crippen LogP contribution in [0, 0.1) is 0 Å². The molecule has 2 rings (SSSR count). The van der Waals surface area contributed by atoms with E-state index in [1.54, 1.807) is 0 Å². The maximum absolute atomic E-state index is 12.2. The molecule has 0 spiro atoms. The molecule has 3 unspecified atom stereocenters. The van der Waals surface area contributed by atoms with Crippen LogP contribution in [0.1, 0.15) is 44.1 Å². The van der Waals surface area contributed by atoms with Crippen molar-refractivity contribution in [3.05, 3.63) is 35.9 Å². The molecule has 1 aliphatic heterocycles. The molecule has 1 saturated heterocycles. The fraction of sp³-hybridized carbons (Fsp3) is 0.533. The summed E-state index contributed by atoms with van der Waals surface area (Å²) in [5.41, 5.74) is 3.81. The lowest BCUT2D eigenvalue weighted by atomic mass is 10.00. The zero-order valence-corrected chi connectivity index (χ0v) is 12.2. The molecule has 0 bridgehead atoms. The molecule has 3 nitrogen and oxygen atoms in total. The van der Waals surface area contributed by atoms with Crippen LogP contribution in [0.3, 0.4) is 0 Å². The van der Waals surface area contributed by atoms with Gasteiger partial charge in [-0.2, -0.15) is 0 Å². The monoisotopic (exact) mass is 280 g/mol. The Labute approximate surface area is 119 Å². The SMILES string of the molecule is CC1CCCC(C)N1NC(=O)C(Cl)c1ccccc1. The van der Waals surface area contributed by atoms with Crippen LogP contribution < -0.4 is 5.43 Å². The van der Waals surface area contributed by atoms with Crippen molar-refractivity contribution in [2.75, 3.05) is 0 Å². The average molecular weight is 281 g/mol. The highest BCUT2D eigenvalue weighted by Gasteiger charge is 2.28. The van der Waals surface area contributed by atoms with E-state index in [0.29, 0.717) is 12.1 Å². The smallest absolute Gasteiger partial charge is 0.256 e. The van der Waals surface area contributed by atoms with Crippen LogP contribution in [-0.2, 0) is 4.79 Å². The van der Waals surface area contributed by atoms with Crippen molar-refractivity contribution in [1.82, 2.24) is 10.4 Å². The number of hydrogen-bond acceptors (Lipinski definition) is 2. The van der Waals surface area contributed by atoms with Crippen molar-refractivity contribution in [3.8, 4) is 0 Å². The maximum Gasteiger partial charge on any atom is 0.256 e. The van der Waals surface area contributed by atoms with E-state index in [2.05, 4.69) is 19.3 Å². The Morgan fingerprint density at radius 3 is 2.42 bits per heavy atom. The number of piperidine rings is 1. The first-order chi connectivity index (χ1) is 9.09. The van der Waals surface area contributed by atoms with E-state index in [9.17, 15) is 4.79 Å². The van der Waals surface area contributed by atoms with Crippen LogP contribution in [0.25, 0.3) is 0 Å². The highest BCUT2D eigenvalue weighted by atomic mass is 35.5. The predicted octanol–water partition coefficient (Wildman–Crippen LogP) is 3.26. The van der Waals surface area contributed by atoms with Gasteiger partial charge in [0.25, 0.3) is 5.91 Å². The molecule has 3 atom stereocenters. The van der Waals surface area contributed by atoms with E-state index in [-0.39, 0.29) is 5.91 Å². The first-order valence-corrected chi connectivity index (χ1v) is 7.31. The molecule has 1 heterocycles. The third-order valence-corrected chi connectivity index (χ3v) is 4.21. The van der Waals surface area contributed by atoms with Gasteiger partial charge in [-0.15, -0.1) is 11.6 Å². The Bertz CT molecular complexity index is 413. The van der Waals surface area contributed by atoms with Gasteiger partial charge in [-0.3, -0.25) is 10.2 Å². The molecule has 104 valence electrons. The molecule has 1 N–H and O–H groups in total. The molecule has 0 saturated carbocycles. The molecule has 19 heavy (non-hydrogen) atoms. The number of carbonyl (C=O) groups is 1. The zero-order valence-electron chi connectivity index (χ0n) is 11.5. The molecule has 4 heteroatoms. The van der Waals surface area contributed by atoms with E-state index >= 15 is 0 Å². The summed E-state index contributed by atoms with van der Waals surface area (Å²) in [6.45, 7) is 4.28. The van der Waals surface area contributed by atoms with E-state index in [4.69, 9.17) is 11.6 Å². The third-order valence-electron chi connectivity index (χ3n) is 3.76. The Kier molecular flexibility index (Phi) is 4.83. The fourth-order valence-corrected chi connectivity index (χ4v) is 2.79. The number of rotatable bonds is 3. The maximum atomic E-state index is 12.2. The normalized spacial score (nSPS) is 25.8. The van der Waals surface area contributed by atoms with Crippen molar-refractivity contribution in [2.24, 2.45) is 0 Å². The minimum Gasteiger partial charge on any atom is -0.287 e. The van der Waals surface area contributed by atoms with Crippen molar-refractivity contribution in [3.63, 3.8) is 0 Å². The number of benzene rings is 1. The van der Waals surface area contributed by atoms with Crippen molar-refractivity contribution in [1.29, 1.82) is 0 Å². The van der Waals surface area contributed by atoms with E-state index in [0.717, 1.165) is 18.4 Å². The second-order valence-corrected chi connectivity index (χ2v) is 5.72. The fourth-order valence-electron chi connectivity index (χ4n) is 2.60. The molecule has 0 aromatic heterocycles. The Balaban J connectivity index is 2.00. The van der Waals surface area contributed by atoms with E-state index in [1.165, 1.54) is 6.42 Å². The van der Waals surface area contributed by atoms with Gasteiger partial charge in [0.15, 0.2) is 0 Å². The van der Waals surface area contributed by atoms with Gasteiger partial charge >= 0.3 is 0 Å². The van der Waals surface area contributed by atoms with Crippen LogP contribution in [-0.4, -0.2) is 23.0 Å². The quantitative estimate of drug-likeness (QED) is 0.862. The highest BCUT2D eigenvalue weighted by molar-refractivity contribution is 6.30. The van der Waals surface area contributed by atoms with Crippen LogP contribution in [0.15, 0.2) is 30.3 Å². The van der Waals surface area contributed by atoms with Gasteiger partial charge in [0.2, 0.25) is 0 Å². The standard InChI is InChI=1S/C15H21ClN2O/c1-11-7-6-8-12(2)18(11)17-15(19)14(16)13-9-4-3-5-10-13/h3-5,9-12,14H,6-8H2,1-2H3,(H,17,19). The summed E-state index contributed by atoms with van der Waals surface area (Å²) in [7, 11) is 0. The lowest BCUT2D eigenvalue weighted by Gasteiger charge is -2.39. The summed E-state index contributed by atoms with van der Waals surface area (Å²) >= 11 is 6.23. The number of hydrazine groups is 1. The van der Waals surface area contributed by atoms with Crippen LogP contribution in [0.2, 0.25) is 0 Å². The molecule has 1 aliphatic rings. The van der Waals surface area contributed by atoms with Gasteiger partial charge in [-0.25, -0.2) is 5.01 Å². The van der Waals surface area contributed by atoms with Gasteiger partial charge < -0.3 is 0 Å². The molecule has 1 aromatic carbocycles. The Morgan fingerprint density at radius 1 is 1.26 bits per heavy atom. The Morgan fingerprint density at radius 2 is 1.84 bits per heavy atom. The predicted molar refractivity (Wildman–Crippen MR) is 77.8 cm³/mol. The molecule has 1 aromatic rings. The molecule has 1 fully saturated rings. The number of alkyl halides is 1. The van der Waals surface area contributed by atoms with E-state index < -0.39 is 5.38 Å². The second-order valence-electron chi connectivity index (χ2n) is 5.29. The second kappa shape index (κ2) is 6.40. The van der Waals surface area contributed by atoms with Crippen molar-refractivity contribution >= 4 is 17.5 Å². The number of halogens is 1. The average Bonchev–Trinajstić information content (AvgIpc) is 2.43. The van der Waals surface area contributed by atoms with Gasteiger partial charge in [0, 0.05) is 12.1 Å². The molecular formula is C15H21ClN2O. The highest BCUT2D eigenvalue weighted by Crippen LogP contribution is 2.23. The number of carbonyl (C=O) groups excluding carboxylic acids is 1. The number of nitrogens with zero attached hydrogens (tertiary/aromatic N) is 1. The van der Waals surface area contributed by atoms with Gasteiger partial charge in [0.1, 0.15) is 5.38 Å². The van der Waals surface area contributed by atoms with Gasteiger partial charge in [-0.05, 0) is 32.3 Å². The first-order valence-electron chi connectivity index (χ1n) is 6.87.